The summed E-state index contributed by atoms with van der Waals surface area (Å²) in [6, 6.07) is 13.6. The fraction of sp³-hybridized carbons (Fsp3) is 0.391. The second-order valence-corrected chi connectivity index (χ2v) is 7.39. The summed E-state index contributed by atoms with van der Waals surface area (Å²) in [7, 11) is 3.36. The van der Waals surface area contributed by atoms with Gasteiger partial charge in [-0.1, -0.05) is 24.3 Å². The van der Waals surface area contributed by atoms with Gasteiger partial charge in [0.2, 0.25) is 11.8 Å². The van der Waals surface area contributed by atoms with Gasteiger partial charge in [0.15, 0.2) is 0 Å². The molecule has 5 nitrogen and oxygen atoms in total. The van der Waals surface area contributed by atoms with Gasteiger partial charge in [-0.2, -0.15) is 0 Å². The number of carbonyl (C=O) groups is 2. The Morgan fingerprint density at radius 1 is 1.17 bits per heavy atom. The molecule has 2 amide bonds. The Morgan fingerprint density at radius 2 is 1.86 bits per heavy atom. The van der Waals surface area contributed by atoms with Crippen LogP contribution in [0.3, 0.4) is 0 Å². The maximum atomic E-state index is 13.0. The summed E-state index contributed by atoms with van der Waals surface area (Å²) in [6.45, 7) is 0.541. The van der Waals surface area contributed by atoms with E-state index >= 15 is 0 Å². The van der Waals surface area contributed by atoms with Crippen LogP contribution in [0.25, 0.3) is 0 Å². The highest BCUT2D eigenvalue weighted by molar-refractivity contribution is 5.84. The first-order valence-electron chi connectivity index (χ1n) is 9.91. The molecular formula is C23H27FN2O3. The molecule has 0 aromatic heterocycles. The van der Waals surface area contributed by atoms with Gasteiger partial charge in [-0.15, -0.1) is 0 Å². The number of benzene rings is 2. The zero-order chi connectivity index (χ0) is 20.8. The molecule has 1 heterocycles. The predicted octanol–water partition coefficient (Wildman–Crippen LogP) is 3.49. The molecule has 0 aliphatic carbocycles. The third-order valence-corrected chi connectivity index (χ3v) is 5.51. The van der Waals surface area contributed by atoms with Gasteiger partial charge in [-0.05, 0) is 54.7 Å². The monoisotopic (exact) mass is 398 g/mol. The third kappa shape index (κ3) is 5.13. The summed E-state index contributed by atoms with van der Waals surface area (Å²) < 4.78 is 18.2. The molecular weight excluding hydrogens is 371 g/mol. The van der Waals surface area contributed by atoms with Gasteiger partial charge in [0.05, 0.1) is 19.1 Å². The number of nitrogens with zero attached hydrogens (tertiary/aromatic N) is 1. The molecule has 2 aromatic rings. The van der Waals surface area contributed by atoms with Crippen molar-refractivity contribution < 1.29 is 18.7 Å². The molecule has 6 heteroatoms. The SMILES string of the molecule is COc1ccc([C@@H]2[C@@H](C(=O)NCCCc3ccc(F)cc3)CCC(=O)N2C)cc1. The van der Waals surface area contributed by atoms with Crippen molar-refractivity contribution in [1.82, 2.24) is 10.2 Å². The molecule has 1 N–H and O–H groups in total. The van der Waals surface area contributed by atoms with Crippen molar-refractivity contribution in [3.05, 3.63) is 65.5 Å². The average Bonchev–Trinajstić information content (AvgIpc) is 2.74. The van der Waals surface area contributed by atoms with E-state index < -0.39 is 0 Å². The largest absolute Gasteiger partial charge is 0.497 e. The minimum atomic E-state index is -0.295. The first kappa shape index (κ1) is 20.8. The van der Waals surface area contributed by atoms with Gasteiger partial charge in [0.1, 0.15) is 11.6 Å². The van der Waals surface area contributed by atoms with E-state index in [-0.39, 0.29) is 29.6 Å². The van der Waals surface area contributed by atoms with E-state index in [0.717, 1.165) is 29.7 Å². The van der Waals surface area contributed by atoms with E-state index in [1.165, 1.54) is 12.1 Å². The number of piperidine rings is 1. The number of hydrogen-bond acceptors (Lipinski definition) is 3. The average molecular weight is 398 g/mol. The molecule has 0 radical (unpaired) electrons. The fourth-order valence-electron chi connectivity index (χ4n) is 3.86. The number of rotatable bonds is 7. The first-order valence-corrected chi connectivity index (χ1v) is 9.91. The summed E-state index contributed by atoms with van der Waals surface area (Å²) in [5.41, 5.74) is 1.97. The molecule has 1 saturated heterocycles. The van der Waals surface area contributed by atoms with Crippen molar-refractivity contribution in [2.45, 2.75) is 31.7 Å². The summed E-state index contributed by atoms with van der Waals surface area (Å²) >= 11 is 0. The lowest BCUT2D eigenvalue weighted by Gasteiger charge is -2.38. The first-order chi connectivity index (χ1) is 14.0. The van der Waals surface area contributed by atoms with Crippen molar-refractivity contribution >= 4 is 11.8 Å². The number of amides is 2. The Kier molecular flexibility index (Phi) is 6.86. The van der Waals surface area contributed by atoms with Gasteiger partial charge < -0.3 is 15.0 Å². The molecule has 29 heavy (non-hydrogen) atoms. The Balaban J connectivity index is 1.61. The molecule has 0 spiro atoms. The number of hydrogen-bond donors (Lipinski definition) is 1. The van der Waals surface area contributed by atoms with Crippen LogP contribution in [0, 0.1) is 11.7 Å². The Morgan fingerprint density at radius 3 is 2.52 bits per heavy atom. The normalized spacial score (nSPS) is 19.1. The van der Waals surface area contributed by atoms with Crippen molar-refractivity contribution in [3.63, 3.8) is 0 Å². The minimum absolute atomic E-state index is 0.0377. The maximum absolute atomic E-state index is 13.0. The molecule has 1 aliphatic rings. The molecule has 0 saturated carbocycles. The van der Waals surface area contributed by atoms with Crippen LogP contribution < -0.4 is 10.1 Å². The van der Waals surface area contributed by atoms with E-state index in [0.29, 0.717) is 19.4 Å². The lowest BCUT2D eigenvalue weighted by atomic mass is 9.84. The molecule has 2 atom stereocenters. The number of nitrogens with one attached hydrogen (secondary N) is 1. The van der Waals surface area contributed by atoms with Crippen LogP contribution in [-0.2, 0) is 16.0 Å². The number of carbonyl (C=O) groups excluding carboxylic acids is 2. The van der Waals surface area contributed by atoms with E-state index in [9.17, 15) is 14.0 Å². The van der Waals surface area contributed by atoms with E-state index in [1.54, 1.807) is 31.2 Å². The standard InChI is InChI=1S/C23H27FN2O3/c1-26-21(27)14-13-20(22(26)17-7-11-19(29-2)12-8-17)23(28)25-15-3-4-16-5-9-18(24)10-6-16/h5-12,20,22H,3-4,13-15H2,1-2H3,(H,25,28)/t20-,22+/m0/s1. The Labute approximate surface area is 170 Å². The lowest BCUT2D eigenvalue weighted by Crippen LogP contribution is -2.46. The smallest absolute Gasteiger partial charge is 0.225 e. The van der Waals surface area contributed by atoms with Gasteiger partial charge in [-0.25, -0.2) is 4.39 Å². The van der Waals surface area contributed by atoms with E-state index in [2.05, 4.69) is 5.32 Å². The maximum Gasteiger partial charge on any atom is 0.225 e. The van der Waals surface area contributed by atoms with Crippen LogP contribution in [0.1, 0.15) is 36.4 Å². The van der Waals surface area contributed by atoms with E-state index in [4.69, 9.17) is 4.74 Å². The molecule has 0 unspecified atom stereocenters. The van der Waals surface area contributed by atoms with Gasteiger partial charge in [0, 0.05) is 20.0 Å². The molecule has 2 aromatic carbocycles. The second-order valence-electron chi connectivity index (χ2n) is 7.39. The van der Waals surface area contributed by atoms with Crippen molar-refractivity contribution in [1.29, 1.82) is 0 Å². The summed E-state index contributed by atoms with van der Waals surface area (Å²) in [4.78, 5) is 26.8. The Hall–Kier alpha value is -2.89. The third-order valence-electron chi connectivity index (χ3n) is 5.51. The van der Waals surface area contributed by atoms with Crippen molar-refractivity contribution in [2.24, 2.45) is 5.92 Å². The zero-order valence-electron chi connectivity index (χ0n) is 16.9. The fourth-order valence-corrected chi connectivity index (χ4v) is 3.86. The quantitative estimate of drug-likeness (QED) is 0.727. The lowest BCUT2D eigenvalue weighted by molar-refractivity contribution is -0.141. The number of aryl methyl sites for hydroxylation is 1. The van der Waals surface area contributed by atoms with Gasteiger partial charge >= 0.3 is 0 Å². The highest BCUT2D eigenvalue weighted by Crippen LogP contribution is 2.36. The highest BCUT2D eigenvalue weighted by atomic mass is 19.1. The van der Waals surface area contributed by atoms with Crippen LogP contribution >= 0.6 is 0 Å². The molecule has 0 bridgehead atoms. The molecule has 3 rings (SSSR count). The number of likely N-dealkylation sites (tertiary alicyclic amines) is 1. The second kappa shape index (κ2) is 9.54. The predicted molar refractivity (Wildman–Crippen MR) is 109 cm³/mol. The number of ether oxygens (including phenoxy) is 1. The topological polar surface area (TPSA) is 58.6 Å². The van der Waals surface area contributed by atoms with Crippen LogP contribution in [-0.4, -0.2) is 37.4 Å². The van der Waals surface area contributed by atoms with E-state index in [1.807, 2.05) is 24.3 Å². The minimum Gasteiger partial charge on any atom is -0.497 e. The van der Waals surface area contributed by atoms with Crippen LogP contribution in [0.4, 0.5) is 4.39 Å². The molecule has 154 valence electrons. The summed E-state index contributed by atoms with van der Waals surface area (Å²) in [5, 5.41) is 3.02. The number of methoxy groups -OCH3 is 1. The van der Waals surface area contributed by atoms with Gasteiger partial charge in [-0.3, -0.25) is 9.59 Å². The van der Waals surface area contributed by atoms with Gasteiger partial charge in [0.25, 0.3) is 0 Å². The van der Waals surface area contributed by atoms with Crippen molar-refractivity contribution in [2.75, 3.05) is 20.7 Å². The Bertz CT molecular complexity index is 836. The van der Waals surface area contributed by atoms with Crippen molar-refractivity contribution in [3.8, 4) is 5.75 Å². The van der Waals surface area contributed by atoms with Crippen LogP contribution in [0.5, 0.6) is 5.75 Å². The van der Waals surface area contributed by atoms with Crippen LogP contribution in [0.2, 0.25) is 0 Å². The zero-order valence-corrected chi connectivity index (χ0v) is 16.9. The van der Waals surface area contributed by atoms with Crippen LogP contribution in [0.15, 0.2) is 48.5 Å². The highest BCUT2D eigenvalue weighted by Gasteiger charge is 2.38. The summed E-state index contributed by atoms with van der Waals surface area (Å²) in [6.07, 6.45) is 2.44. The molecule has 1 fully saturated rings. The summed E-state index contributed by atoms with van der Waals surface area (Å²) in [5.74, 6) is 0.204. The number of halogens is 1. The molecule has 1 aliphatic heterocycles.